The van der Waals surface area contributed by atoms with Crippen LogP contribution < -0.4 is 0 Å². The van der Waals surface area contributed by atoms with Crippen LogP contribution in [0.2, 0.25) is 0 Å². The van der Waals surface area contributed by atoms with Gasteiger partial charge in [-0.2, -0.15) is 4.31 Å². The Morgan fingerprint density at radius 2 is 1.06 bits per heavy atom. The van der Waals surface area contributed by atoms with E-state index in [1.54, 1.807) is 50.2 Å². The van der Waals surface area contributed by atoms with E-state index in [-0.39, 0.29) is 4.90 Å². The number of halogens is 5. The van der Waals surface area contributed by atoms with Crippen molar-refractivity contribution < 1.29 is 30.4 Å². The molecular formula is C22H16F5NO2S. The normalized spacial score (nSPS) is 20.7. The molecular weight excluding hydrogens is 437 g/mol. The van der Waals surface area contributed by atoms with E-state index in [2.05, 4.69) is 0 Å². The molecule has 4 rings (SSSR count). The zero-order valence-electron chi connectivity index (χ0n) is 16.3. The Morgan fingerprint density at radius 1 is 0.645 bits per heavy atom. The molecule has 1 unspecified atom stereocenters. The van der Waals surface area contributed by atoms with Crippen LogP contribution in [0, 0.1) is 42.9 Å². The highest BCUT2D eigenvalue weighted by Crippen LogP contribution is 2.59. The molecule has 0 aromatic heterocycles. The Kier molecular flexibility index (Phi) is 5.13. The predicted octanol–water partition coefficient (Wildman–Crippen LogP) is 5.49. The molecule has 1 fully saturated rings. The molecule has 1 aliphatic heterocycles. The van der Waals surface area contributed by atoms with Gasteiger partial charge < -0.3 is 0 Å². The highest BCUT2D eigenvalue weighted by atomic mass is 32.2. The largest absolute Gasteiger partial charge is 0.244 e. The molecule has 0 spiro atoms. The number of nitrogens with zero attached hydrogens (tertiary/aromatic N) is 1. The fourth-order valence-corrected chi connectivity index (χ4v) is 5.33. The quantitative estimate of drug-likeness (QED) is 0.227. The Bertz CT molecular complexity index is 1250. The average Bonchev–Trinajstić information content (AvgIpc) is 3.48. The van der Waals surface area contributed by atoms with Gasteiger partial charge in [0.2, 0.25) is 15.8 Å². The Labute approximate surface area is 175 Å². The highest BCUT2D eigenvalue weighted by Gasteiger charge is 2.59. The van der Waals surface area contributed by atoms with Crippen molar-refractivity contribution in [1.29, 1.82) is 0 Å². The minimum absolute atomic E-state index is 0.151. The molecule has 1 aliphatic rings. The third-order valence-corrected chi connectivity index (χ3v) is 7.19. The summed E-state index contributed by atoms with van der Waals surface area (Å²) >= 11 is 0. The van der Waals surface area contributed by atoms with Gasteiger partial charge in [-0.25, -0.2) is 30.4 Å². The molecule has 0 amide bonds. The fraction of sp³-hybridized carbons (Fsp3) is 0.182. The lowest BCUT2D eigenvalue weighted by Gasteiger charge is -2.09. The molecule has 0 N–H and O–H groups in total. The van der Waals surface area contributed by atoms with Crippen molar-refractivity contribution in [3.05, 3.63) is 99.9 Å². The van der Waals surface area contributed by atoms with E-state index in [0.29, 0.717) is 5.56 Å². The summed E-state index contributed by atoms with van der Waals surface area (Å²) in [6.45, 7) is 3.54. The van der Waals surface area contributed by atoms with E-state index >= 15 is 0 Å². The maximum absolute atomic E-state index is 14.5. The van der Waals surface area contributed by atoms with Crippen LogP contribution in [0.15, 0.2) is 53.4 Å². The van der Waals surface area contributed by atoms with Crippen LogP contribution in [0.3, 0.4) is 0 Å². The summed E-state index contributed by atoms with van der Waals surface area (Å²) in [5, 5.41) is 0. The van der Waals surface area contributed by atoms with E-state index in [9.17, 15) is 30.4 Å². The maximum Gasteiger partial charge on any atom is 0.244 e. The minimum atomic E-state index is -4.30. The summed E-state index contributed by atoms with van der Waals surface area (Å²) < 4.78 is 97.4. The van der Waals surface area contributed by atoms with E-state index in [1.807, 2.05) is 0 Å². The lowest BCUT2D eigenvalue weighted by Crippen LogP contribution is -2.15. The predicted molar refractivity (Wildman–Crippen MR) is 103 cm³/mol. The second-order valence-electron chi connectivity index (χ2n) is 7.43. The molecule has 1 saturated heterocycles. The summed E-state index contributed by atoms with van der Waals surface area (Å²) in [5.74, 6) is -10.6. The first kappa shape index (κ1) is 21.5. The summed E-state index contributed by atoms with van der Waals surface area (Å²) in [4.78, 5) is -0.151. The van der Waals surface area contributed by atoms with Gasteiger partial charge in [-0.05, 0) is 31.5 Å². The summed E-state index contributed by atoms with van der Waals surface area (Å²) in [6, 6.07) is 9.48. The van der Waals surface area contributed by atoms with Crippen molar-refractivity contribution in [3.63, 3.8) is 0 Å². The van der Waals surface area contributed by atoms with Crippen LogP contribution in [-0.2, 0) is 10.0 Å². The first-order valence-electron chi connectivity index (χ1n) is 9.23. The number of hydrogen-bond donors (Lipinski definition) is 0. The second-order valence-corrected chi connectivity index (χ2v) is 9.28. The second kappa shape index (κ2) is 7.42. The van der Waals surface area contributed by atoms with Gasteiger partial charge in [0.25, 0.3) is 0 Å². The molecule has 3 aromatic carbocycles. The molecule has 0 saturated carbocycles. The van der Waals surface area contributed by atoms with Crippen molar-refractivity contribution in [2.75, 3.05) is 0 Å². The van der Waals surface area contributed by atoms with Crippen LogP contribution in [-0.4, -0.2) is 12.7 Å². The van der Waals surface area contributed by atoms with Crippen molar-refractivity contribution in [2.45, 2.75) is 30.8 Å². The average molecular weight is 453 g/mol. The molecule has 162 valence electrons. The molecule has 0 aliphatic carbocycles. The Hall–Kier alpha value is -2.78. The lowest BCUT2D eigenvalue weighted by atomic mass is 10.0. The smallest absolute Gasteiger partial charge is 0.207 e. The molecule has 1 heterocycles. The van der Waals surface area contributed by atoms with E-state index in [0.717, 1.165) is 15.4 Å². The molecule has 0 radical (unpaired) electrons. The van der Waals surface area contributed by atoms with Gasteiger partial charge in [0.1, 0.15) is 0 Å². The SMILES string of the molecule is Cc1ccc([C@@H]2[C@@H](c3c(F)c(F)c(F)c(F)c3F)N2S(=O)(=O)c2ccc(C)cc2)cc1. The van der Waals surface area contributed by atoms with E-state index < -0.39 is 56.8 Å². The maximum atomic E-state index is 14.5. The zero-order chi connectivity index (χ0) is 22.7. The van der Waals surface area contributed by atoms with Gasteiger partial charge in [-0.1, -0.05) is 47.5 Å². The van der Waals surface area contributed by atoms with Gasteiger partial charge in [0.15, 0.2) is 23.3 Å². The number of sulfonamides is 1. The van der Waals surface area contributed by atoms with Crippen molar-refractivity contribution in [3.8, 4) is 0 Å². The zero-order valence-corrected chi connectivity index (χ0v) is 17.2. The molecule has 3 nitrogen and oxygen atoms in total. The van der Waals surface area contributed by atoms with Crippen LogP contribution >= 0.6 is 0 Å². The fourth-order valence-electron chi connectivity index (χ4n) is 3.60. The lowest BCUT2D eigenvalue weighted by molar-refractivity contribution is 0.368. The first-order chi connectivity index (χ1) is 14.6. The minimum Gasteiger partial charge on any atom is -0.207 e. The van der Waals surface area contributed by atoms with Gasteiger partial charge >= 0.3 is 0 Å². The first-order valence-corrected chi connectivity index (χ1v) is 10.7. The monoisotopic (exact) mass is 453 g/mol. The number of rotatable bonds is 4. The summed E-state index contributed by atoms with van der Waals surface area (Å²) in [6.07, 6.45) is 0. The van der Waals surface area contributed by atoms with Crippen LogP contribution in [0.4, 0.5) is 22.0 Å². The van der Waals surface area contributed by atoms with Gasteiger partial charge in [-0.15, -0.1) is 0 Å². The highest BCUT2D eigenvalue weighted by molar-refractivity contribution is 7.89. The summed E-state index contributed by atoms with van der Waals surface area (Å²) in [7, 11) is -4.30. The van der Waals surface area contributed by atoms with E-state index in [1.165, 1.54) is 12.1 Å². The molecule has 31 heavy (non-hydrogen) atoms. The van der Waals surface area contributed by atoms with Crippen molar-refractivity contribution >= 4 is 10.0 Å². The molecule has 3 aromatic rings. The number of aryl methyl sites for hydroxylation is 2. The van der Waals surface area contributed by atoms with Crippen LogP contribution in [0.25, 0.3) is 0 Å². The molecule has 3 atom stereocenters. The van der Waals surface area contributed by atoms with Crippen molar-refractivity contribution in [1.82, 2.24) is 4.31 Å². The number of benzene rings is 3. The van der Waals surface area contributed by atoms with Gasteiger partial charge in [-0.3, -0.25) is 0 Å². The number of hydrogen-bond acceptors (Lipinski definition) is 2. The van der Waals surface area contributed by atoms with Gasteiger partial charge in [0.05, 0.1) is 22.5 Å². The third kappa shape index (κ3) is 3.41. The summed E-state index contributed by atoms with van der Waals surface area (Å²) in [5.41, 5.74) is 0.842. The Balaban J connectivity index is 1.89. The van der Waals surface area contributed by atoms with Crippen molar-refractivity contribution in [2.24, 2.45) is 0 Å². The Morgan fingerprint density at radius 3 is 1.55 bits per heavy atom. The standard InChI is InChI=1S/C22H16F5NO2S/c1-11-3-7-13(8-4-11)21-22(15-16(23)18(25)20(27)19(26)17(15)24)28(21)31(29,30)14-9-5-12(2)6-10-14/h3-10,21-22H,1-2H3/t21-,22-,28?/m1/s1. The molecule has 0 bridgehead atoms. The topological polar surface area (TPSA) is 37.1 Å². The van der Waals surface area contributed by atoms with E-state index in [4.69, 9.17) is 0 Å². The van der Waals surface area contributed by atoms with Crippen LogP contribution in [0.5, 0.6) is 0 Å². The van der Waals surface area contributed by atoms with Crippen LogP contribution in [0.1, 0.15) is 34.3 Å². The molecule has 9 heteroatoms. The third-order valence-electron chi connectivity index (χ3n) is 5.31. The van der Waals surface area contributed by atoms with Gasteiger partial charge in [0, 0.05) is 0 Å².